The summed E-state index contributed by atoms with van der Waals surface area (Å²) >= 11 is 1.21. The van der Waals surface area contributed by atoms with E-state index < -0.39 is 26.6 Å². The molecule has 2 aromatic carbocycles. The first-order chi connectivity index (χ1) is 14.8. The first kappa shape index (κ1) is 21.4. The average molecular weight is 466 g/mol. The van der Waals surface area contributed by atoms with Crippen LogP contribution >= 0.6 is 11.3 Å². The summed E-state index contributed by atoms with van der Waals surface area (Å²) in [7, 11) is -3.76. The van der Waals surface area contributed by atoms with E-state index in [9.17, 15) is 27.3 Å². The first-order valence-corrected chi connectivity index (χ1v) is 11.5. The lowest BCUT2D eigenvalue weighted by molar-refractivity contribution is -0.384. The zero-order valence-corrected chi connectivity index (χ0v) is 17.6. The third-order valence-electron chi connectivity index (χ3n) is 5.09. The number of non-ortho nitro benzene ring substituents is 1. The summed E-state index contributed by atoms with van der Waals surface area (Å²) in [5.74, 6) is -1.42. The van der Waals surface area contributed by atoms with Crippen molar-refractivity contribution in [2.24, 2.45) is 0 Å². The van der Waals surface area contributed by atoms with Gasteiger partial charge in [-0.2, -0.15) is 4.31 Å². The van der Waals surface area contributed by atoms with E-state index >= 15 is 0 Å². The Balaban J connectivity index is 1.45. The summed E-state index contributed by atoms with van der Waals surface area (Å²) in [6, 6.07) is 8.04. The van der Waals surface area contributed by atoms with Gasteiger partial charge in [-0.3, -0.25) is 10.1 Å². The van der Waals surface area contributed by atoms with Crippen LogP contribution in [0.4, 0.5) is 14.5 Å². The minimum atomic E-state index is -3.76. The molecular formula is C19H16F2N4O4S2. The molecule has 3 aromatic rings. The minimum absolute atomic E-state index is 0.00142. The van der Waals surface area contributed by atoms with Crippen LogP contribution in [-0.4, -0.2) is 40.9 Å². The molecule has 162 valence electrons. The highest BCUT2D eigenvalue weighted by molar-refractivity contribution is 7.89. The van der Waals surface area contributed by atoms with Crippen molar-refractivity contribution in [1.29, 1.82) is 0 Å². The molecule has 31 heavy (non-hydrogen) atoms. The Bertz CT molecular complexity index is 1220. The SMILES string of the molecule is O=[N+]([O-])c1ccc(S(=O)(=O)N2CCC(c3nnc(-c4ccc(F)cc4F)s3)CC2)cc1. The number of nitro groups is 1. The summed E-state index contributed by atoms with van der Waals surface area (Å²) in [4.78, 5) is 10.2. The lowest BCUT2D eigenvalue weighted by Crippen LogP contribution is -2.37. The second-order valence-corrected chi connectivity index (χ2v) is 9.95. The molecule has 8 nitrogen and oxygen atoms in total. The molecule has 0 amide bonds. The van der Waals surface area contributed by atoms with Crippen molar-refractivity contribution in [3.63, 3.8) is 0 Å². The fraction of sp³-hybridized carbons (Fsp3) is 0.263. The number of nitro benzene ring substituents is 1. The number of benzene rings is 2. The molecule has 0 saturated carbocycles. The van der Waals surface area contributed by atoms with Gasteiger partial charge in [-0.15, -0.1) is 10.2 Å². The van der Waals surface area contributed by atoms with Crippen LogP contribution in [0, 0.1) is 21.7 Å². The molecule has 2 heterocycles. The molecule has 0 spiro atoms. The van der Waals surface area contributed by atoms with E-state index in [4.69, 9.17) is 0 Å². The number of hydrogen-bond donors (Lipinski definition) is 0. The Morgan fingerprint density at radius 3 is 2.35 bits per heavy atom. The van der Waals surface area contributed by atoms with Crippen LogP contribution in [0.25, 0.3) is 10.6 Å². The van der Waals surface area contributed by atoms with Crippen molar-refractivity contribution in [3.8, 4) is 10.6 Å². The molecule has 0 bridgehead atoms. The van der Waals surface area contributed by atoms with E-state index in [1.54, 1.807) is 0 Å². The predicted molar refractivity (Wildman–Crippen MR) is 109 cm³/mol. The molecule has 4 rings (SSSR count). The molecule has 12 heteroatoms. The number of hydrogen-bond acceptors (Lipinski definition) is 7. The number of nitrogens with zero attached hydrogens (tertiary/aromatic N) is 4. The number of piperidine rings is 1. The van der Waals surface area contributed by atoms with Crippen LogP contribution in [0.3, 0.4) is 0 Å². The second kappa shape index (κ2) is 8.36. The number of aromatic nitrogens is 2. The lowest BCUT2D eigenvalue weighted by atomic mass is 9.99. The van der Waals surface area contributed by atoms with Crippen LogP contribution in [0.15, 0.2) is 47.4 Å². The van der Waals surface area contributed by atoms with Gasteiger partial charge in [0, 0.05) is 42.8 Å². The Labute approximate surface area is 180 Å². The highest BCUT2D eigenvalue weighted by Crippen LogP contribution is 2.35. The van der Waals surface area contributed by atoms with E-state index in [1.165, 1.54) is 33.8 Å². The first-order valence-electron chi connectivity index (χ1n) is 9.29. The fourth-order valence-electron chi connectivity index (χ4n) is 3.40. The van der Waals surface area contributed by atoms with Gasteiger partial charge in [0.05, 0.1) is 9.82 Å². The van der Waals surface area contributed by atoms with Crippen molar-refractivity contribution >= 4 is 27.0 Å². The molecule has 0 radical (unpaired) electrons. The third-order valence-corrected chi connectivity index (χ3v) is 8.12. The molecule has 1 aliphatic heterocycles. The van der Waals surface area contributed by atoms with Gasteiger partial charge < -0.3 is 0 Å². The normalized spacial score (nSPS) is 15.8. The molecule has 1 fully saturated rings. The molecule has 0 unspecified atom stereocenters. The number of sulfonamides is 1. The van der Waals surface area contributed by atoms with Gasteiger partial charge in [-0.25, -0.2) is 17.2 Å². The molecule has 0 N–H and O–H groups in total. The summed E-state index contributed by atoms with van der Waals surface area (Å²) in [6.07, 6.45) is 1.01. The van der Waals surface area contributed by atoms with E-state index in [-0.39, 0.29) is 35.2 Å². The van der Waals surface area contributed by atoms with Crippen molar-refractivity contribution in [3.05, 3.63) is 69.2 Å². The van der Waals surface area contributed by atoms with Crippen molar-refractivity contribution in [2.45, 2.75) is 23.7 Å². The Hall–Kier alpha value is -2.83. The molecule has 0 aliphatic carbocycles. The van der Waals surface area contributed by atoms with Crippen molar-refractivity contribution in [1.82, 2.24) is 14.5 Å². The van der Waals surface area contributed by atoms with Gasteiger partial charge in [0.15, 0.2) is 5.01 Å². The van der Waals surface area contributed by atoms with Crippen LogP contribution in [-0.2, 0) is 10.0 Å². The monoisotopic (exact) mass is 466 g/mol. The topological polar surface area (TPSA) is 106 Å². The predicted octanol–water partition coefficient (Wildman–Crippen LogP) is 3.96. The molecule has 0 atom stereocenters. The van der Waals surface area contributed by atoms with Gasteiger partial charge in [0.25, 0.3) is 5.69 Å². The lowest BCUT2D eigenvalue weighted by Gasteiger charge is -2.30. The smallest absolute Gasteiger partial charge is 0.258 e. The summed E-state index contributed by atoms with van der Waals surface area (Å²) < 4.78 is 54.1. The fourth-order valence-corrected chi connectivity index (χ4v) is 5.91. The highest BCUT2D eigenvalue weighted by Gasteiger charge is 2.31. The van der Waals surface area contributed by atoms with Crippen LogP contribution in [0.1, 0.15) is 23.8 Å². The molecule has 1 aliphatic rings. The Morgan fingerprint density at radius 2 is 1.74 bits per heavy atom. The van der Waals surface area contributed by atoms with E-state index in [0.717, 1.165) is 24.3 Å². The minimum Gasteiger partial charge on any atom is -0.258 e. The largest absolute Gasteiger partial charge is 0.269 e. The summed E-state index contributed by atoms with van der Waals surface area (Å²) in [5, 5.41) is 19.9. The van der Waals surface area contributed by atoms with Crippen molar-refractivity contribution < 1.29 is 22.1 Å². The standard InChI is InChI=1S/C19H16F2N4O4S2/c20-13-1-6-16(17(21)11-13)19-23-22-18(30-19)12-7-9-24(10-8-12)31(28,29)15-4-2-14(3-5-15)25(26)27/h1-6,11-12H,7-10H2. The summed E-state index contributed by atoms with van der Waals surface area (Å²) in [6.45, 7) is 0.508. The highest BCUT2D eigenvalue weighted by atomic mass is 32.2. The van der Waals surface area contributed by atoms with E-state index in [2.05, 4.69) is 10.2 Å². The third kappa shape index (κ3) is 4.31. The maximum absolute atomic E-state index is 14.0. The van der Waals surface area contributed by atoms with Crippen molar-refractivity contribution in [2.75, 3.05) is 13.1 Å². The maximum Gasteiger partial charge on any atom is 0.269 e. The Kier molecular flexibility index (Phi) is 5.77. The van der Waals surface area contributed by atoms with Gasteiger partial charge in [-0.1, -0.05) is 11.3 Å². The average Bonchev–Trinajstić information content (AvgIpc) is 3.24. The zero-order valence-electron chi connectivity index (χ0n) is 15.9. The molecule has 1 saturated heterocycles. The van der Waals surface area contributed by atoms with Gasteiger partial charge in [-0.05, 0) is 37.1 Å². The Morgan fingerprint density at radius 1 is 1.06 bits per heavy atom. The van der Waals surface area contributed by atoms with Crippen LogP contribution < -0.4 is 0 Å². The second-order valence-electron chi connectivity index (χ2n) is 7.00. The van der Waals surface area contributed by atoms with Gasteiger partial charge >= 0.3 is 0 Å². The van der Waals surface area contributed by atoms with Crippen LogP contribution in [0.2, 0.25) is 0 Å². The molecular weight excluding hydrogens is 450 g/mol. The molecule has 1 aromatic heterocycles. The zero-order chi connectivity index (χ0) is 22.2. The maximum atomic E-state index is 14.0. The number of rotatable bonds is 5. The van der Waals surface area contributed by atoms with Gasteiger partial charge in [0.2, 0.25) is 10.0 Å². The van der Waals surface area contributed by atoms with Crippen LogP contribution in [0.5, 0.6) is 0 Å². The summed E-state index contributed by atoms with van der Waals surface area (Å²) in [5.41, 5.74) is -0.00865. The number of halogens is 2. The quantitative estimate of drug-likeness (QED) is 0.416. The van der Waals surface area contributed by atoms with E-state index in [0.29, 0.717) is 22.9 Å². The van der Waals surface area contributed by atoms with Gasteiger partial charge in [0.1, 0.15) is 16.6 Å². The van der Waals surface area contributed by atoms with E-state index in [1.807, 2.05) is 0 Å².